The van der Waals surface area contributed by atoms with Crippen LogP contribution in [0.5, 0.6) is 11.5 Å². The van der Waals surface area contributed by atoms with Crippen LogP contribution in [0.25, 0.3) is 22.6 Å². The summed E-state index contributed by atoms with van der Waals surface area (Å²) in [7, 11) is 2.94. The number of aryl methyl sites for hydroxylation is 1. The van der Waals surface area contributed by atoms with Crippen molar-refractivity contribution in [1.29, 1.82) is 0 Å². The molecule has 11 heteroatoms. The molecule has 1 aromatic heterocycles. The van der Waals surface area contributed by atoms with Crippen molar-refractivity contribution in [3.63, 3.8) is 0 Å². The van der Waals surface area contributed by atoms with Gasteiger partial charge in [0.25, 0.3) is 0 Å². The van der Waals surface area contributed by atoms with E-state index in [0.29, 0.717) is 33.7 Å². The van der Waals surface area contributed by atoms with Gasteiger partial charge < -0.3 is 34.0 Å². The molecule has 4 aromatic rings. The van der Waals surface area contributed by atoms with Crippen LogP contribution in [-0.2, 0) is 11.3 Å². The van der Waals surface area contributed by atoms with Crippen molar-refractivity contribution in [2.24, 2.45) is 0 Å². The average Bonchev–Trinajstić information content (AvgIpc) is 3.27. The summed E-state index contributed by atoms with van der Waals surface area (Å²) in [4.78, 5) is 29.5. The van der Waals surface area contributed by atoms with Crippen LogP contribution in [0.1, 0.15) is 11.1 Å². The van der Waals surface area contributed by atoms with Crippen LogP contribution in [0.2, 0.25) is 0 Å². The Kier molecular flexibility index (Phi) is 9.68. The van der Waals surface area contributed by atoms with Crippen molar-refractivity contribution in [1.82, 2.24) is 9.88 Å². The first-order valence-electron chi connectivity index (χ1n) is 10.9. The molecule has 186 valence electrons. The van der Waals surface area contributed by atoms with E-state index in [0.717, 1.165) is 10.5 Å². The standard InChI is InChI=1S/C26H24FN3O6.K/c1-15-4-7-23-22(8-15)28-25(36-23)17-5-6-21(20(27)11-17)29-26(33)30(14-24(31)32)13-16-9-18(34-2)12-19(10-16)35-3;/h4-12H,13-14H2,1-3H3,(H,29,33)(H,31,32);/q;+1/p-1. The quantitative estimate of drug-likeness (QED) is 0.334. The normalized spacial score (nSPS) is 10.5. The summed E-state index contributed by atoms with van der Waals surface area (Å²) in [5, 5.41) is 13.7. The fourth-order valence-corrected chi connectivity index (χ4v) is 3.64. The molecule has 2 amide bonds. The number of amides is 2. The molecular formula is C26H23FKN3O6. The first-order chi connectivity index (χ1) is 17.2. The van der Waals surface area contributed by atoms with Crippen molar-refractivity contribution in [3.8, 4) is 23.0 Å². The second-order valence-electron chi connectivity index (χ2n) is 8.06. The van der Waals surface area contributed by atoms with Crippen LogP contribution in [0.15, 0.2) is 59.0 Å². The number of carboxylic acids is 1. The van der Waals surface area contributed by atoms with E-state index < -0.39 is 24.4 Å². The third kappa shape index (κ3) is 7.08. The van der Waals surface area contributed by atoms with E-state index in [1.54, 1.807) is 30.3 Å². The summed E-state index contributed by atoms with van der Waals surface area (Å²) in [6.07, 6.45) is 0. The zero-order chi connectivity index (χ0) is 25.8. The van der Waals surface area contributed by atoms with E-state index >= 15 is 0 Å². The second-order valence-corrected chi connectivity index (χ2v) is 8.06. The van der Waals surface area contributed by atoms with E-state index in [1.165, 1.54) is 26.4 Å². The number of hydrogen-bond donors (Lipinski definition) is 1. The smallest absolute Gasteiger partial charge is 0.548 e. The summed E-state index contributed by atoms with van der Waals surface area (Å²) < 4.78 is 31.0. The largest absolute Gasteiger partial charge is 1.00 e. The van der Waals surface area contributed by atoms with Crippen molar-refractivity contribution >= 4 is 28.8 Å². The molecular weight excluding hydrogens is 508 g/mol. The Hall–Kier alpha value is -2.96. The van der Waals surface area contributed by atoms with Gasteiger partial charge in [-0.05, 0) is 60.5 Å². The fourth-order valence-electron chi connectivity index (χ4n) is 3.64. The molecule has 0 aliphatic carbocycles. The first kappa shape index (κ1) is 28.6. The van der Waals surface area contributed by atoms with Gasteiger partial charge >= 0.3 is 57.4 Å². The molecule has 1 N–H and O–H groups in total. The van der Waals surface area contributed by atoms with Crippen LogP contribution in [0.4, 0.5) is 14.9 Å². The molecule has 0 unspecified atom stereocenters. The van der Waals surface area contributed by atoms with Gasteiger partial charge in [-0.15, -0.1) is 0 Å². The number of oxazole rings is 1. The molecule has 0 saturated carbocycles. The van der Waals surface area contributed by atoms with E-state index in [4.69, 9.17) is 13.9 Å². The van der Waals surface area contributed by atoms with Gasteiger partial charge in [-0.1, -0.05) is 6.07 Å². The molecule has 0 spiro atoms. The van der Waals surface area contributed by atoms with Crippen molar-refractivity contribution in [2.45, 2.75) is 13.5 Å². The number of aliphatic carboxylic acids is 1. The van der Waals surface area contributed by atoms with Gasteiger partial charge in [-0.25, -0.2) is 14.2 Å². The molecule has 9 nitrogen and oxygen atoms in total. The number of carbonyl (C=O) groups excluding carboxylic acids is 2. The van der Waals surface area contributed by atoms with E-state index in [-0.39, 0.29) is 69.5 Å². The number of aromatic nitrogens is 1. The number of halogens is 1. The number of anilines is 1. The minimum atomic E-state index is -1.47. The van der Waals surface area contributed by atoms with Gasteiger partial charge in [0.1, 0.15) is 22.8 Å². The van der Waals surface area contributed by atoms with Crippen LogP contribution in [-0.4, -0.2) is 42.6 Å². The van der Waals surface area contributed by atoms with Crippen molar-refractivity contribution < 1.29 is 84.4 Å². The van der Waals surface area contributed by atoms with E-state index in [9.17, 15) is 19.1 Å². The Labute approximate surface area is 255 Å². The van der Waals surface area contributed by atoms with Gasteiger partial charge in [0.15, 0.2) is 5.58 Å². The van der Waals surface area contributed by atoms with Gasteiger partial charge in [0.2, 0.25) is 5.89 Å². The third-order valence-electron chi connectivity index (χ3n) is 5.39. The number of ether oxygens (including phenoxy) is 2. The number of methoxy groups -OCH3 is 2. The Morgan fingerprint density at radius 2 is 1.76 bits per heavy atom. The number of nitrogens with one attached hydrogen (secondary N) is 1. The van der Waals surface area contributed by atoms with Crippen LogP contribution < -0.4 is 71.3 Å². The minimum Gasteiger partial charge on any atom is -0.548 e. The third-order valence-corrected chi connectivity index (χ3v) is 5.39. The van der Waals surface area contributed by atoms with Crippen molar-refractivity contribution in [2.75, 3.05) is 26.1 Å². The zero-order valence-corrected chi connectivity index (χ0v) is 24.0. The molecule has 0 aliphatic rings. The van der Waals surface area contributed by atoms with Gasteiger partial charge in [-0.3, -0.25) is 0 Å². The van der Waals surface area contributed by atoms with Gasteiger partial charge in [0, 0.05) is 18.2 Å². The zero-order valence-electron chi connectivity index (χ0n) is 20.8. The molecule has 0 aliphatic heterocycles. The van der Waals surface area contributed by atoms with Crippen LogP contribution in [0.3, 0.4) is 0 Å². The molecule has 0 bridgehead atoms. The summed E-state index contributed by atoms with van der Waals surface area (Å²) in [6, 6.07) is 13.7. The maximum Gasteiger partial charge on any atom is 1.00 e. The Balaban J connectivity index is 0.00000380. The second kappa shape index (κ2) is 12.5. The molecule has 0 atom stereocenters. The summed E-state index contributed by atoms with van der Waals surface area (Å²) in [5.41, 5.74) is 3.02. The van der Waals surface area contributed by atoms with E-state index in [2.05, 4.69) is 10.3 Å². The molecule has 0 saturated heterocycles. The van der Waals surface area contributed by atoms with Gasteiger partial charge in [-0.2, -0.15) is 0 Å². The summed E-state index contributed by atoms with van der Waals surface area (Å²) in [6.45, 7) is 1.10. The molecule has 3 aromatic carbocycles. The monoisotopic (exact) mass is 531 g/mol. The number of nitrogens with zero attached hydrogens (tertiary/aromatic N) is 2. The van der Waals surface area contributed by atoms with Crippen LogP contribution in [0, 0.1) is 12.7 Å². The Morgan fingerprint density at radius 1 is 1.05 bits per heavy atom. The molecule has 4 rings (SSSR count). The predicted octanol–water partition coefficient (Wildman–Crippen LogP) is 0.748. The molecule has 1 heterocycles. The topological polar surface area (TPSA) is 117 Å². The SMILES string of the molecule is COc1cc(CN(CC(=O)[O-])C(=O)Nc2ccc(-c3nc4cc(C)ccc4o3)cc2F)cc(OC)c1.[K+]. The van der Waals surface area contributed by atoms with Gasteiger partial charge in [0.05, 0.1) is 32.4 Å². The maximum atomic E-state index is 14.9. The number of benzene rings is 3. The summed E-state index contributed by atoms with van der Waals surface area (Å²) in [5.74, 6) is -1.04. The average molecular weight is 532 g/mol. The number of fused-ring (bicyclic) bond motifs is 1. The summed E-state index contributed by atoms with van der Waals surface area (Å²) >= 11 is 0. The number of carbonyl (C=O) groups is 2. The predicted molar refractivity (Wildman–Crippen MR) is 128 cm³/mol. The number of carboxylic acid groups (broad SMARTS) is 1. The number of urea groups is 1. The first-order valence-corrected chi connectivity index (χ1v) is 10.9. The Bertz CT molecular complexity index is 1420. The molecule has 0 fully saturated rings. The minimum absolute atomic E-state index is 0. The van der Waals surface area contributed by atoms with Crippen LogP contribution >= 0.6 is 0 Å². The molecule has 37 heavy (non-hydrogen) atoms. The van der Waals surface area contributed by atoms with Crippen molar-refractivity contribution in [3.05, 3.63) is 71.5 Å². The fraction of sp³-hybridized carbons (Fsp3) is 0.192. The maximum absolute atomic E-state index is 14.9. The Morgan fingerprint density at radius 3 is 2.38 bits per heavy atom. The van der Waals surface area contributed by atoms with E-state index in [1.807, 2.05) is 19.1 Å². The number of hydrogen-bond acceptors (Lipinski definition) is 7. The number of rotatable bonds is 8. The molecule has 0 radical (unpaired) electrons.